The molecule has 16 heavy (non-hydrogen) atoms. The normalized spacial score (nSPS) is 10.9. The van der Waals surface area contributed by atoms with Gasteiger partial charge in [-0.15, -0.1) is 0 Å². The number of nitrogens with zero attached hydrogens (tertiary/aromatic N) is 3. The standard InChI is InChI=1S/C11H15N3O2/c1-15-7-3-4-10-12-11-6-5-9(16-2)8-14(11)13-10/h5-6,8H,3-4,7H2,1-2H3. The SMILES string of the molecule is COCCCc1nc2ccc(OC)cn2n1. The number of rotatable bonds is 5. The molecule has 0 fully saturated rings. The van der Waals surface area contributed by atoms with Crippen LogP contribution in [-0.4, -0.2) is 35.4 Å². The molecule has 0 unspecified atom stereocenters. The minimum absolute atomic E-state index is 0.735. The lowest BCUT2D eigenvalue weighted by molar-refractivity contribution is 0.194. The summed E-state index contributed by atoms with van der Waals surface area (Å²) >= 11 is 0. The second-order valence-electron chi connectivity index (χ2n) is 3.50. The van der Waals surface area contributed by atoms with E-state index in [1.54, 1.807) is 18.7 Å². The zero-order valence-corrected chi connectivity index (χ0v) is 9.51. The maximum atomic E-state index is 5.12. The molecule has 0 bridgehead atoms. The Bertz CT molecular complexity index is 467. The van der Waals surface area contributed by atoms with E-state index in [-0.39, 0.29) is 0 Å². The van der Waals surface area contributed by atoms with Crippen molar-refractivity contribution in [1.82, 2.24) is 14.6 Å². The lowest BCUT2D eigenvalue weighted by Gasteiger charge is -1.97. The van der Waals surface area contributed by atoms with Crippen molar-refractivity contribution in [2.45, 2.75) is 12.8 Å². The van der Waals surface area contributed by atoms with Crippen molar-refractivity contribution < 1.29 is 9.47 Å². The van der Waals surface area contributed by atoms with Gasteiger partial charge in [0.25, 0.3) is 0 Å². The highest BCUT2D eigenvalue weighted by Gasteiger charge is 2.03. The first-order valence-corrected chi connectivity index (χ1v) is 5.21. The Hall–Kier alpha value is -1.62. The highest BCUT2D eigenvalue weighted by Crippen LogP contribution is 2.11. The van der Waals surface area contributed by atoms with E-state index in [1.807, 2.05) is 18.3 Å². The molecular weight excluding hydrogens is 206 g/mol. The van der Waals surface area contributed by atoms with Gasteiger partial charge in [0.15, 0.2) is 11.5 Å². The number of pyridine rings is 1. The molecule has 5 heteroatoms. The minimum atomic E-state index is 0.735. The van der Waals surface area contributed by atoms with Crippen molar-refractivity contribution in [3.8, 4) is 5.75 Å². The number of hydrogen-bond donors (Lipinski definition) is 0. The number of aryl methyl sites for hydroxylation is 1. The van der Waals surface area contributed by atoms with E-state index < -0.39 is 0 Å². The summed E-state index contributed by atoms with van der Waals surface area (Å²) in [6, 6.07) is 3.77. The zero-order chi connectivity index (χ0) is 11.4. The maximum Gasteiger partial charge on any atom is 0.155 e. The summed E-state index contributed by atoms with van der Waals surface area (Å²) in [7, 11) is 3.33. The third-order valence-electron chi connectivity index (χ3n) is 2.33. The monoisotopic (exact) mass is 221 g/mol. The summed E-state index contributed by atoms with van der Waals surface area (Å²) in [6.45, 7) is 0.735. The molecule has 2 aromatic heterocycles. The van der Waals surface area contributed by atoms with Crippen LogP contribution < -0.4 is 4.74 Å². The van der Waals surface area contributed by atoms with E-state index in [1.165, 1.54) is 0 Å². The lowest BCUT2D eigenvalue weighted by atomic mass is 10.3. The molecular formula is C11H15N3O2. The molecule has 0 spiro atoms. The highest BCUT2D eigenvalue weighted by atomic mass is 16.5. The first kappa shape index (κ1) is 10.9. The number of aromatic nitrogens is 3. The van der Waals surface area contributed by atoms with Gasteiger partial charge in [0.05, 0.1) is 13.3 Å². The molecule has 0 atom stereocenters. The van der Waals surface area contributed by atoms with E-state index in [2.05, 4.69) is 10.1 Å². The molecule has 0 aliphatic rings. The van der Waals surface area contributed by atoms with Crippen LogP contribution in [0.1, 0.15) is 12.2 Å². The summed E-state index contributed by atoms with van der Waals surface area (Å²) in [5.74, 6) is 1.62. The predicted octanol–water partition coefficient (Wildman–Crippen LogP) is 1.32. The van der Waals surface area contributed by atoms with Crippen LogP contribution in [0.4, 0.5) is 0 Å². The minimum Gasteiger partial charge on any atom is -0.495 e. The number of ether oxygens (including phenoxy) is 2. The third-order valence-corrected chi connectivity index (χ3v) is 2.33. The molecule has 2 aromatic rings. The average Bonchev–Trinajstić information content (AvgIpc) is 2.70. The van der Waals surface area contributed by atoms with Crippen molar-refractivity contribution >= 4 is 5.65 Å². The Kier molecular flexibility index (Phi) is 3.36. The fraction of sp³-hybridized carbons (Fsp3) is 0.455. The number of fused-ring (bicyclic) bond motifs is 1. The lowest BCUT2D eigenvalue weighted by Crippen LogP contribution is -1.95. The topological polar surface area (TPSA) is 48.7 Å². The third kappa shape index (κ3) is 2.30. The van der Waals surface area contributed by atoms with E-state index in [0.717, 1.165) is 36.7 Å². The van der Waals surface area contributed by atoms with Crippen LogP contribution in [0.2, 0.25) is 0 Å². The first-order chi connectivity index (χ1) is 7.83. The summed E-state index contributed by atoms with van der Waals surface area (Å²) in [5.41, 5.74) is 0.841. The molecule has 0 aliphatic heterocycles. The molecule has 2 heterocycles. The van der Waals surface area contributed by atoms with Gasteiger partial charge < -0.3 is 9.47 Å². The van der Waals surface area contributed by atoms with Crippen LogP contribution in [0.5, 0.6) is 5.75 Å². The predicted molar refractivity (Wildman–Crippen MR) is 59.7 cm³/mol. The smallest absolute Gasteiger partial charge is 0.155 e. The second kappa shape index (κ2) is 4.94. The average molecular weight is 221 g/mol. The van der Waals surface area contributed by atoms with Gasteiger partial charge >= 0.3 is 0 Å². The van der Waals surface area contributed by atoms with Gasteiger partial charge in [-0.2, -0.15) is 5.10 Å². The van der Waals surface area contributed by atoms with Gasteiger partial charge in [-0.3, -0.25) is 0 Å². The molecule has 5 nitrogen and oxygen atoms in total. The molecule has 0 saturated carbocycles. The first-order valence-electron chi connectivity index (χ1n) is 5.21. The Morgan fingerprint density at radius 2 is 2.19 bits per heavy atom. The van der Waals surface area contributed by atoms with Crippen molar-refractivity contribution in [3.05, 3.63) is 24.2 Å². The molecule has 0 saturated heterocycles. The highest BCUT2D eigenvalue weighted by molar-refractivity contribution is 5.40. The van der Waals surface area contributed by atoms with E-state index in [4.69, 9.17) is 9.47 Å². The van der Waals surface area contributed by atoms with Crippen molar-refractivity contribution in [1.29, 1.82) is 0 Å². The van der Waals surface area contributed by atoms with Crippen LogP contribution in [-0.2, 0) is 11.2 Å². The van der Waals surface area contributed by atoms with Gasteiger partial charge in [0.1, 0.15) is 5.75 Å². The molecule has 86 valence electrons. The van der Waals surface area contributed by atoms with Crippen LogP contribution in [0.15, 0.2) is 18.3 Å². The van der Waals surface area contributed by atoms with Crippen LogP contribution in [0, 0.1) is 0 Å². The van der Waals surface area contributed by atoms with Gasteiger partial charge in [-0.1, -0.05) is 0 Å². The summed E-state index contributed by atoms with van der Waals surface area (Å²) in [4.78, 5) is 4.40. The fourth-order valence-electron chi connectivity index (χ4n) is 1.51. The van der Waals surface area contributed by atoms with Gasteiger partial charge in [0, 0.05) is 20.1 Å². The molecule has 0 amide bonds. The molecule has 0 aromatic carbocycles. The number of hydrogen-bond acceptors (Lipinski definition) is 4. The summed E-state index contributed by atoms with van der Waals surface area (Å²) in [5, 5.41) is 4.36. The van der Waals surface area contributed by atoms with Gasteiger partial charge in [-0.25, -0.2) is 9.50 Å². The molecule has 0 N–H and O–H groups in total. The molecule has 2 rings (SSSR count). The quantitative estimate of drug-likeness (QED) is 0.714. The Morgan fingerprint density at radius 1 is 1.31 bits per heavy atom. The Morgan fingerprint density at radius 3 is 2.94 bits per heavy atom. The maximum absolute atomic E-state index is 5.12. The number of methoxy groups -OCH3 is 2. The Balaban J connectivity index is 2.16. The molecule has 0 radical (unpaired) electrons. The second-order valence-corrected chi connectivity index (χ2v) is 3.50. The van der Waals surface area contributed by atoms with Gasteiger partial charge in [0.2, 0.25) is 0 Å². The van der Waals surface area contributed by atoms with E-state index in [0.29, 0.717) is 0 Å². The van der Waals surface area contributed by atoms with E-state index in [9.17, 15) is 0 Å². The molecule has 0 aliphatic carbocycles. The van der Waals surface area contributed by atoms with Crippen molar-refractivity contribution in [2.24, 2.45) is 0 Å². The fourth-order valence-corrected chi connectivity index (χ4v) is 1.51. The summed E-state index contributed by atoms with van der Waals surface area (Å²) < 4.78 is 11.9. The summed E-state index contributed by atoms with van der Waals surface area (Å²) in [6.07, 6.45) is 3.59. The van der Waals surface area contributed by atoms with Crippen molar-refractivity contribution in [2.75, 3.05) is 20.8 Å². The van der Waals surface area contributed by atoms with Crippen LogP contribution in [0.3, 0.4) is 0 Å². The Labute approximate surface area is 94.0 Å². The zero-order valence-electron chi connectivity index (χ0n) is 9.51. The van der Waals surface area contributed by atoms with Crippen LogP contribution in [0.25, 0.3) is 5.65 Å². The van der Waals surface area contributed by atoms with Crippen molar-refractivity contribution in [3.63, 3.8) is 0 Å². The van der Waals surface area contributed by atoms with Crippen LogP contribution >= 0.6 is 0 Å². The van der Waals surface area contributed by atoms with Gasteiger partial charge in [-0.05, 0) is 18.6 Å². The van der Waals surface area contributed by atoms with E-state index >= 15 is 0 Å². The largest absolute Gasteiger partial charge is 0.495 e.